The van der Waals surface area contributed by atoms with E-state index < -0.39 is 5.60 Å². The van der Waals surface area contributed by atoms with Gasteiger partial charge in [0.15, 0.2) is 0 Å². The van der Waals surface area contributed by atoms with Crippen LogP contribution in [0.1, 0.15) is 33.4 Å². The average molecular weight is 250 g/mol. The Hall–Kier alpha value is -1.42. The molecule has 0 fully saturated rings. The number of carbonyl (C=O) groups is 1. The molecule has 0 unspecified atom stereocenters. The Morgan fingerprint density at radius 1 is 1.44 bits per heavy atom. The third-order valence-electron chi connectivity index (χ3n) is 2.97. The lowest BCUT2D eigenvalue weighted by molar-refractivity contribution is -0.153. The van der Waals surface area contributed by atoms with Crippen LogP contribution in [-0.4, -0.2) is 34.5 Å². The number of rotatable bonds is 5. The lowest BCUT2D eigenvalue weighted by atomic mass is 10.1. The number of nitrogens with zero attached hydrogens (tertiary/aromatic N) is 2. The van der Waals surface area contributed by atoms with Crippen LogP contribution in [0.15, 0.2) is 24.4 Å². The number of amides is 1. The second-order valence-corrected chi connectivity index (χ2v) is 5.06. The van der Waals surface area contributed by atoms with Crippen molar-refractivity contribution in [3.63, 3.8) is 0 Å². The number of ether oxygens (including phenoxy) is 1. The smallest absolute Gasteiger partial charge is 0.254 e. The number of aromatic nitrogens is 1. The minimum Gasteiger partial charge on any atom is -0.369 e. The quantitative estimate of drug-likeness (QED) is 0.805. The minimum atomic E-state index is -0.806. The standard InChI is InChI=1S/C14H22N2O2/c1-11(2)16(13(17)14(3,4)18-5)10-12-8-6-7-9-15-12/h6-9,11H,10H2,1-5H3. The van der Waals surface area contributed by atoms with E-state index in [9.17, 15) is 4.79 Å². The first-order valence-electron chi connectivity index (χ1n) is 6.14. The summed E-state index contributed by atoms with van der Waals surface area (Å²) in [7, 11) is 1.55. The van der Waals surface area contributed by atoms with Gasteiger partial charge in [0.25, 0.3) is 5.91 Å². The van der Waals surface area contributed by atoms with E-state index in [1.54, 1.807) is 32.1 Å². The highest BCUT2D eigenvalue weighted by Crippen LogP contribution is 2.16. The Balaban J connectivity index is 2.88. The van der Waals surface area contributed by atoms with Crippen molar-refractivity contribution in [1.29, 1.82) is 0 Å². The molecule has 1 aromatic heterocycles. The summed E-state index contributed by atoms with van der Waals surface area (Å²) in [6.07, 6.45) is 1.74. The van der Waals surface area contributed by atoms with Gasteiger partial charge in [-0.2, -0.15) is 0 Å². The molecule has 0 atom stereocenters. The lowest BCUT2D eigenvalue weighted by Gasteiger charge is -2.33. The number of carbonyl (C=O) groups excluding carboxylic acids is 1. The Morgan fingerprint density at radius 2 is 2.11 bits per heavy atom. The van der Waals surface area contributed by atoms with E-state index in [1.165, 1.54) is 0 Å². The van der Waals surface area contributed by atoms with Gasteiger partial charge in [0.05, 0.1) is 12.2 Å². The molecule has 0 aliphatic rings. The van der Waals surface area contributed by atoms with E-state index in [-0.39, 0.29) is 11.9 Å². The fourth-order valence-electron chi connectivity index (χ4n) is 1.59. The molecule has 0 aromatic carbocycles. The molecule has 0 radical (unpaired) electrons. The van der Waals surface area contributed by atoms with Crippen LogP contribution < -0.4 is 0 Å². The van der Waals surface area contributed by atoms with Crippen LogP contribution >= 0.6 is 0 Å². The van der Waals surface area contributed by atoms with Crippen molar-refractivity contribution in [2.75, 3.05) is 7.11 Å². The fourth-order valence-corrected chi connectivity index (χ4v) is 1.59. The van der Waals surface area contributed by atoms with Gasteiger partial charge < -0.3 is 9.64 Å². The first kappa shape index (κ1) is 14.6. The van der Waals surface area contributed by atoms with Gasteiger partial charge in [0.1, 0.15) is 5.60 Å². The van der Waals surface area contributed by atoms with E-state index in [0.717, 1.165) is 5.69 Å². The van der Waals surface area contributed by atoms with Crippen LogP contribution in [-0.2, 0) is 16.1 Å². The molecule has 1 amide bonds. The van der Waals surface area contributed by atoms with Gasteiger partial charge in [-0.05, 0) is 39.8 Å². The van der Waals surface area contributed by atoms with Gasteiger partial charge >= 0.3 is 0 Å². The SMILES string of the molecule is COC(C)(C)C(=O)N(Cc1ccccn1)C(C)C. The van der Waals surface area contributed by atoms with Crippen molar-refractivity contribution in [1.82, 2.24) is 9.88 Å². The molecule has 0 saturated heterocycles. The molecule has 0 N–H and O–H groups in total. The second kappa shape index (κ2) is 5.96. The molecule has 1 heterocycles. The maximum Gasteiger partial charge on any atom is 0.254 e. The van der Waals surface area contributed by atoms with E-state index >= 15 is 0 Å². The van der Waals surface area contributed by atoms with Crippen LogP contribution in [0.25, 0.3) is 0 Å². The maximum absolute atomic E-state index is 12.4. The van der Waals surface area contributed by atoms with Crippen molar-refractivity contribution in [2.24, 2.45) is 0 Å². The molecule has 1 rings (SSSR count). The van der Waals surface area contributed by atoms with Gasteiger partial charge in [-0.15, -0.1) is 0 Å². The number of pyridine rings is 1. The monoisotopic (exact) mass is 250 g/mol. The molecule has 0 spiro atoms. The first-order chi connectivity index (χ1) is 8.38. The molecular weight excluding hydrogens is 228 g/mol. The highest BCUT2D eigenvalue weighted by molar-refractivity contribution is 5.84. The zero-order chi connectivity index (χ0) is 13.8. The van der Waals surface area contributed by atoms with E-state index in [1.807, 2.05) is 32.0 Å². The summed E-state index contributed by atoms with van der Waals surface area (Å²) in [5, 5.41) is 0. The molecule has 4 heteroatoms. The van der Waals surface area contributed by atoms with Crippen LogP contribution in [0.3, 0.4) is 0 Å². The number of hydrogen-bond acceptors (Lipinski definition) is 3. The van der Waals surface area contributed by atoms with Gasteiger partial charge in [0, 0.05) is 19.3 Å². The molecule has 100 valence electrons. The zero-order valence-corrected chi connectivity index (χ0v) is 11.8. The summed E-state index contributed by atoms with van der Waals surface area (Å²) in [4.78, 5) is 18.5. The molecule has 1 aromatic rings. The van der Waals surface area contributed by atoms with E-state index in [2.05, 4.69) is 4.98 Å². The normalized spacial score (nSPS) is 11.7. The molecule has 0 saturated carbocycles. The fraction of sp³-hybridized carbons (Fsp3) is 0.571. The first-order valence-corrected chi connectivity index (χ1v) is 6.14. The van der Waals surface area contributed by atoms with E-state index in [0.29, 0.717) is 6.54 Å². The largest absolute Gasteiger partial charge is 0.369 e. The van der Waals surface area contributed by atoms with Crippen molar-refractivity contribution in [3.05, 3.63) is 30.1 Å². The lowest BCUT2D eigenvalue weighted by Crippen LogP contribution is -2.48. The summed E-state index contributed by atoms with van der Waals surface area (Å²) >= 11 is 0. The predicted octanol–water partition coefficient (Wildman–Crippen LogP) is 2.24. The maximum atomic E-state index is 12.4. The molecule has 0 aliphatic carbocycles. The Bertz CT molecular complexity index is 388. The van der Waals surface area contributed by atoms with Crippen LogP contribution in [0.5, 0.6) is 0 Å². The zero-order valence-electron chi connectivity index (χ0n) is 11.8. The summed E-state index contributed by atoms with van der Waals surface area (Å²) in [6.45, 7) is 8.05. The Labute approximate surface area is 109 Å². The summed E-state index contributed by atoms with van der Waals surface area (Å²) in [6, 6.07) is 5.81. The van der Waals surface area contributed by atoms with Gasteiger partial charge in [0.2, 0.25) is 0 Å². The molecular formula is C14H22N2O2. The summed E-state index contributed by atoms with van der Waals surface area (Å²) < 4.78 is 5.26. The molecule has 4 nitrogen and oxygen atoms in total. The molecule has 0 aliphatic heterocycles. The van der Waals surface area contributed by atoms with Crippen molar-refractivity contribution in [2.45, 2.75) is 45.9 Å². The molecule has 18 heavy (non-hydrogen) atoms. The van der Waals surface area contributed by atoms with Crippen LogP contribution in [0.4, 0.5) is 0 Å². The number of methoxy groups -OCH3 is 1. The summed E-state index contributed by atoms with van der Waals surface area (Å²) in [5.41, 5.74) is 0.0745. The third kappa shape index (κ3) is 3.53. The van der Waals surface area contributed by atoms with Gasteiger partial charge in [-0.1, -0.05) is 6.07 Å². The minimum absolute atomic E-state index is 0.0225. The van der Waals surface area contributed by atoms with Crippen LogP contribution in [0.2, 0.25) is 0 Å². The van der Waals surface area contributed by atoms with E-state index in [4.69, 9.17) is 4.74 Å². The average Bonchev–Trinajstić information content (AvgIpc) is 2.36. The number of hydrogen-bond donors (Lipinski definition) is 0. The Morgan fingerprint density at radius 3 is 2.56 bits per heavy atom. The third-order valence-corrected chi connectivity index (χ3v) is 2.97. The van der Waals surface area contributed by atoms with Crippen molar-refractivity contribution in [3.8, 4) is 0 Å². The highest BCUT2D eigenvalue weighted by Gasteiger charge is 2.33. The van der Waals surface area contributed by atoms with Gasteiger partial charge in [-0.3, -0.25) is 9.78 Å². The highest BCUT2D eigenvalue weighted by atomic mass is 16.5. The predicted molar refractivity (Wildman–Crippen MR) is 71.0 cm³/mol. The van der Waals surface area contributed by atoms with Crippen LogP contribution in [0, 0.1) is 0 Å². The Kier molecular flexibility index (Phi) is 4.84. The van der Waals surface area contributed by atoms with Crippen molar-refractivity contribution >= 4 is 5.91 Å². The summed E-state index contributed by atoms with van der Waals surface area (Å²) in [5.74, 6) is -0.0225. The second-order valence-electron chi connectivity index (χ2n) is 5.06. The van der Waals surface area contributed by atoms with Gasteiger partial charge in [-0.25, -0.2) is 0 Å². The van der Waals surface area contributed by atoms with Crippen molar-refractivity contribution < 1.29 is 9.53 Å². The molecule has 0 bridgehead atoms. The topological polar surface area (TPSA) is 42.4 Å².